The number of anilines is 1. The lowest BCUT2D eigenvalue weighted by Gasteiger charge is -2.27. The molecule has 144 valence electrons. The highest BCUT2D eigenvalue weighted by molar-refractivity contribution is 5.93. The van der Waals surface area contributed by atoms with Crippen LogP contribution in [0.5, 0.6) is 5.75 Å². The molecule has 0 aromatic carbocycles. The molecule has 2 fully saturated rings. The number of fused-ring (bicyclic) bond motifs is 1. The van der Waals surface area contributed by atoms with E-state index in [1.165, 1.54) is 0 Å². The highest BCUT2D eigenvalue weighted by Crippen LogP contribution is 2.32. The van der Waals surface area contributed by atoms with Gasteiger partial charge in [-0.2, -0.15) is 5.10 Å². The van der Waals surface area contributed by atoms with Crippen molar-refractivity contribution >= 4 is 17.2 Å². The van der Waals surface area contributed by atoms with Gasteiger partial charge in [0.05, 0.1) is 11.7 Å². The zero-order valence-corrected chi connectivity index (χ0v) is 15.8. The number of pyridine rings is 2. The van der Waals surface area contributed by atoms with Crippen molar-refractivity contribution in [3.63, 3.8) is 0 Å². The fourth-order valence-electron chi connectivity index (χ4n) is 3.37. The van der Waals surface area contributed by atoms with Crippen LogP contribution in [0.3, 0.4) is 0 Å². The van der Waals surface area contributed by atoms with E-state index in [1.54, 1.807) is 10.7 Å². The summed E-state index contributed by atoms with van der Waals surface area (Å²) in [6, 6.07) is 8.43. The second-order valence-electron chi connectivity index (χ2n) is 7.65. The molecule has 3 aromatic rings. The van der Waals surface area contributed by atoms with Crippen molar-refractivity contribution in [2.75, 3.05) is 18.5 Å². The van der Waals surface area contributed by atoms with Crippen molar-refractivity contribution in [2.45, 2.75) is 32.2 Å². The largest absolute Gasteiger partial charge is 0.490 e. The zero-order chi connectivity index (χ0) is 19.1. The number of aromatic nitrogens is 3. The van der Waals surface area contributed by atoms with Gasteiger partial charge in [0.25, 0.3) is 0 Å². The molecule has 2 N–H and O–H groups in total. The van der Waals surface area contributed by atoms with Gasteiger partial charge < -0.3 is 15.4 Å². The van der Waals surface area contributed by atoms with Crippen molar-refractivity contribution in [1.29, 1.82) is 0 Å². The Kier molecular flexibility index (Phi) is 4.24. The van der Waals surface area contributed by atoms with Gasteiger partial charge >= 0.3 is 0 Å². The molecule has 1 atom stereocenters. The number of aryl methyl sites for hydroxylation is 1. The van der Waals surface area contributed by atoms with Gasteiger partial charge in [-0.1, -0.05) is 0 Å². The first kappa shape index (κ1) is 17.2. The molecule has 0 spiro atoms. The lowest BCUT2D eigenvalue weighted by atomic mass is 10.1. The van der Waals surface area contributed by atoms with Crippen LogP contribution in [0, 0.1) is 12.8 Å². The number of hydrogen-bond acceptors (Lipinski definition) is 5. The number of carbonyl (C=O) groups excluding carboxylic acids is 1. The molecule has 1 unspecified atom stereocenters. The predicted octanol–water partition coefficient (Wildman–Crippen LogP) is 2.79. The molecule has 1 amide bonds. The maximum Gasteiger partial charge on any atom is 0.228 e. The minimum absolute atomic E-state index is 0.0636. The SMILES string of the molecule is Cc1cc(-c2ccn3nc(NC(=O)C4CC4)cc3c2)c(OCC2CCN2)cn1. The van der Waals surface area contributed by atoms with Crippen LogP contribution in [0.15, 0.2) is 36.7 Å². The van der Waals surface area contributed by atoms with Crippen LogP contribution < -0.4 is 15.4 Å². The zero-order valence-electron chi connectivity index (χ0n) is 15.8. The van der Waals surface area contributed by atoms with E-state index in [0.717, 1.165) is 53.9 Å². The van der Waals surface area contributed by atoms with Gasteiger partial charge in [-0.05, 0) is 56.5 Å². The van der Waals surface area contributed by atoms with Crippen LogP contribution >= 0.6 is 0 Å². The second kappa shape index (κ2) is 6.91. The molecule has 4 heterocycles. The molecular weight excluding hydrogens is 354 g/mol. The van der Waals surface area contributed by atoms with Gasteiger partial charge in [0.2, 0.25) is 5.91 Å². The normalized spacial score (nSPS) is 18.7. The summed E-state index contributed by atoms with van der Waals surface area (Å²) in [5.74, 6) is 1.59. The summed E-state index contributed by atoms with van der Waals surface area (Å²) < 4.78 is 7.83. The summed E-state index contributed by atoms with van der Waals surface area (Å²) in [5, 5.41) is 10.7. The van der Waals surface area contributed by atoms with Crippen molar-refractivity contribution in [2.24, 2.45) is 5.92 Å². The van der Waals surface area contributed by atoms with Crippen molar-refractivity contribution < 1.29 is 9.53 Å². The van der Waals surface area contributed by atoms with E-state index < -0.39 is 0 Å². The van der Waals surface area contributed by atoms with Gasteiger partial charge in [0.1, 0.15) is 12.4 Å². The monoisotopic (exact) mass is 377 g/mol. The number of ether oxygens (including phenoxy) is 1. The number of nitrogens with zero attached hydrogens (tertiary/aromatic N) is 3. The molecule has 0 bridgehead atoms. The molecule has 1 aliphatic carbocycles. The van der Waals surface area contributed by atoms with E-state index >= 15 is 0 Å². The lowest BCUT2D eigenvalue weighted by molar-refractivity contribution is -0.117. The Morgan fingerprint density at radius 3 is 2.93 bits per heavy atom. The summed E-state index contributed by atoms with van der Waals surface area (Å²) >= 11 is 0. The third-order valence-electron chi connectivity index (χ3n) is 5.34. The minimum Gasteiger partial charge on any atom is -0.490 e. The van der Waals surface area contributed by atoms with E-state index in [0.29, 0.717) is 18.5 Å². The van der Waals surface area contributed by atoms with Gasteiger partial charge in [-0.15, -0.1) is 0 Å². The third kappa shape index (κ3) is 3.45. The summed E-state index contributed by atoms with van der Waals surface area (Å²) in [6.45, 7) is 3.68. The first-order valence-corrected chi connectivity index (χ1v) is 9.79. The molecule has 7 nitrogen and oxygen atoms in total. The van der Waals surface area contributed by atoms with Gasteiger partial charge in [0, 0.05) is 35.5 Å². The van der Waals surface area contributed by atoms with Crippen molar-refractivity contribution in [3.05, 3.63) is 42.4 Å². The molecule has 5 rings (SSSR count). The number of carbonyl (C=O) groups is 1. The molecule has 28 heavy (non-hydrogen) atoms. The Labute approximate surface area is 163 Å². The van der Waals surface area contributed by atoms with Crippen LogP contribution in [0.2, 0.25) is 0 Å². The molecule has 2 aliphatic rings. The summed E-state index contributed by atoms with van der Waals surface area (Å²) in [7, 11) is 0. The Morgan fingerprint density at radius 1 is 1.32 bits per heavy atom. The van der Waals surface area contributed by atoms with E-state index in [9.17, 15) is 4.79 Å². The quantitative estimate of drug-likeness (QED) is 0.690. The van der Waals surface area contributed by atoms with Crippen molar-refractivity contribution in [1.82, 2.24) is 19.9 Å². The first-order valence-electron chi connectivity index (χ1n) is 9.79. The van der Waals surface area contributed by atoms with Gasteiger partial charge in [-0.3, -0.25) is 9.78 Å². The number of hydrogen-bond donors (Lipinski definition) is 2. The van der Waals surface area contributed by atoms with E-state index in [4.69, 9.17) is 4.74 Å². The highest BCUT2D eigenvalue weighted by atomic mass is 16.5. The van der Waals surface area contributed by atoms with Crippen LogP contribution in [-0.2, 0) is 4.79 Å². The van der Waals surface area contributed by atoms with E-state index in [-0.39, 0.29) is 11.8 Å². The number of amides is 1. The van der Waals surface area contributed by atoms with Gasteiger partial charge in [0.15, 0.2) is 5.82 Å². The summed E-state index contributed by atoms with van der Waals surface area (Å²) in [4.78, 5) is 16.4. The fourth-order valence-corrected chi connectivity index (χ4v) is 3.37. The number of nitrogens with one attached hydrogen (secondary N) is 2. The number of rotatable bonds is 6. The topological polar surface area (TPSA) is 80.5 Å². The Bertz CT molecular complexity index is 1040. The molecule has 1 aliphatic heterocycles. The molecule has 7 heteroatoms. The fraction of sp³-hybridized carbons (Fsp3) is 0.381. The second-order valence-corrected chi connectivity index (χ2v) is 7.65. The van der Waals surface area contributed by atoms with Gasteiger partial charge in [-0.25, -0.2) is 4.52 Å². The standard InChI is InChI=1S/C21H23N5O2/c1-13-8-18(19(11-23-13)28-12-16-4-6-22-16)15-5-7-26-17(9-15)10-20(25-26)24-21(27)14-2-3-14/h5,7-11,14,16,22H,2-4,6,12H2,1H3,(H,24,25,27). The Balaban J connectivity index is 1.42. The summed E-state index contributed by atoms with van der Waals surface area (Å²) in [6.07, 6.45) is 6.80. The highest BCUT2D eigenvalue weighted by Gasteiger charge is 2.30. The molecular formula is C21H23N5O2. The van der Waals surface area contributed by atoms with Crippen LogP contribution in [0.25, 0.3) is 16.6 Å². The van der Waals surface area contributed by atoms with E-state index in [2.05, 4.69) is 26.8 Å². The van der Waals surface area contributed by atoms with Crippen LogP contribution in [-0.4, -0.2) is 39.7 Å². The molecule has 1 saturated heterocycles. The third-order valence-corrected chi connectivity index (χ3v) is 5.34. The molecule has 3 aromatic heterocycles. The Hall–Kier alpha value is -2.93. The van der Waals surface area contributed by atoms with E-state index in [1.807, 2.05) is 31.3 Å². The maximum absolute atomic E-state index is 12.0. The minimum atomic E-state index is 0.0636. The van der Waals surface area contributed by atoms with Crippen LogP contribution in [0.1, 0.15) is 25.0 Å². The Morgan fingerprint density at radius 2 is 2.18 bits per heavy atom. The summed E-state index contributed by atoms with van der Waals surface area (Å²) in [5.41, 5.74) is 3.91. The smallest absolute Gasteiger partial charge is 0.228 e. The van der Waals surface area contributed by atoms with Crippen LogP contribution in [0.4, 0.5) is 5.82 Å². The average Bonchev–Trinajstić information content (AvgIpc) is 3.42. The lowest BCUT2D eigenvalue weighted by Crippen LogP contribution is -2.46. The average molecular weight is 377 g/mol. The maximum atomic E-state index is 12.0. The molecule has 1 saturated carbocycles. The van der Waals surface area contributed by atoms with Crippen molar-refractivity contribution in [3.8, 4) is 16.9 Å². The predicted molar refractivity (Wildman–Crippen MR) is 106 cm³/mol. The molecule has 0 radical (unpaired) electrons. The first-order chi connectivity index (χ1) is 13.7.